The molecule has 0 aliphatic heterocycles. The zero-order valence-corrected chi connectivity index (χ0v) is 12.2. The van der Waals surface area contributed by atoms with Crippen LogP contribution >= 0.6 is 11.6 Å². The summed E-state index contributed by atoms with van der Waals surface area (Å²) in [5.74, 6) is 0.0577. The molecule has 0 radical (unpaired) electrons. The molecule has 0 spiro atoms. The van der Waals surface area contributed by atoms with Gasteiger partial charge in [0.15, 0.2) is 0 Å². The lowest BCUT2D eigenvalue weighted by Gasteiger charge is -2.30. The second-order valence-corrected chi connectivity index (χ2v) is 4.75. The average Bonchev–Trinajstić information content (AvgIpc) is 2.45. The molecule has 0 atom stereocenters. The summed E-state index contributed by atoms with van der Waals surface area (Å²) in [7, 11) is 0. The molecule has 1 aromatic carbocycles. The SMILES string of the molecule is CCC(CC)(CCl)NC(=O)c1ccc(OC(F)F)cc1. The summed E-state index contributed by atoms with van der Waals surface area (Å²) in [6.07, 6.45) is 1.43. The summed E-state index contributed by atoms with van der Waals surface area (Å²) < 4.78 is 28.3. The number of benzene rings is 1. The van der Waals surface area contributed by atoms with Crippen LogP contribution in [-0.4, -0.2) is 23.9 Å². The van der Waals surface area contributed by atoms with Crippen molar-refractivity contribution >= 4 is 17.5 Å². The molecular weight excluding hydrogens is 288 g/mol. The van der Waals surface area contributed by atoms with Gasteiger partial charge in [0.2, 0.25) is 0 Å². The summed E-state index contributed by atoms with van der Waals surface area (Å²) in [4.78, 5) is 12.1. The van der Waals surface area contributed by atoms with Crippen LogP contribution in [0.1, 0.15) is 37.0 Å². The van der Waals surface area contributed by atoms with Gasteiger partial charge in [0.1, 0.15) is 5.75 Å². The first-order valence-corrected chi connectivity index (χ1v) is 6.93. The summed E-state index contributed by atoms with van der Waals surface area (Å²) in [6, 6.07) is 5.55. The molecule has 1 rings (SSSR count). The van der Waals surface area contributed by atoms with E-state index in [2.05, 4.69) is 10.1 Å². The average molecular weight is 306 g/mol. The highest BCUT2D eigenvalue weighted by atomic mass is 35.5. The molecule has 1 aromatic rings. The van der Waals surface area contributed by atoms with Crippen molar-refractivity contribution in [1.82, 2.24) is 5.32 Å². The van der Waals surface area contributed by atoms with Gasteiger partial charge < -0.3 is 10.1 Å². The summed E-state index contributed by atoms with van der Waals surface area (Å²) in [5, 5.41) is 2.90. The van der Waals surface area contributed by atoms with Gasteiger partial charge in [-0.05, 0) is 37.1 Å². The van der Waals surface area contributed by atoms with E-state index in [-0.39, 0.29) is 11.7 Å². The molecule has 0 heterocycles. The molecule has 1 N–H and O–H groups in total. The number of hydrogen-bond acceptors (Lipinski definition) is 2. The van der Waals surface area contributed by atoms with Crippen LogP contribution in [0.15, 0.2) is 24.3 Å². The highest BCUT2D eigenvalue weighted by Gasteiger charge is 2.27. The quantitative estimate of drug-likeness (QED) is 0.778. The molecule has 0 aliphatic carbocycles. The van der Waals surface area contributed by atoms with Crippen LogP contribution in [0.2, 0.25) is 0 Å². The van der Waals surface area contributed by atoms with Crippen LogP contribution in [0.4, 0.5) is 8.78 Å². The van der Waals surface area contributed by atoms with Crippen molar-refractivity contribution in [3.8, 4) is 5.75 Å². The molecule has 0 bridgehead atoms. The number of ether oxygens (including phenoxy) is 1. The van der Waals surface area contributed by atoms with Crippen molar-refractivity contribution in [1.29, 1.82) is 0 Å². The van der Waals surface area contributed by atoms with Gasteiger partial charge in [-0.1, -0.05) is 13.8 Å². The van der Waals surface area contributed by atoms with Gasteiger partial charge in [0, 0.05) is 11.4 Å². The normalized spacial score (nSPS) is 11.5. The molecule has 0 unspecified atom stereocenters. The lowest BCUT2D eigenvalue weighted by atomic mass is 9.94. The first-order chi connectivity index (χ1) is 9.46. The Morgan fingerprint density at radius 1 is 1.30 bits per heavy atom. The third kappa shape index (κ3) is 4.34. The molecule has 3 nitrogen and oxygen atoms in total. The second-order valence-electron chi connectivity index (χ2n) is 4.48. The number of amides is 1. The Bertz CT molecular complexity index is 425. The fraction of sp³-hybridized carbons (Fsp3) is 0.500. The monoisotopic (exact) mass is 305 g/mol. The molecule has 0 saturated carbocycles. The smallest absolute Gasteiger partial charge is 0.387 e. The number of hydrogen-bond donors (Lipinski definition) is 1. The predicted octanol–water partition coefficient (Wildman–Crippen LogP) is 3.82. The van der Waals surface area contributed by atoms with Crippen LogP contribution in [0, 0.1) is 0 Å². The van der Waals surface area contributed by atoms with Gasteiger partial charge in [-0.15, -0.1) is 11.6 Å². The molecule has 0 aliphatic rings. The van der Waals surface area contributed by atoms with E-state index in [0.29, 0.717) is 24.3 Å². The van der Waals surface area contributed by atoms with E-state index in [1.807, 2.05) is 13.8 Å². The van der Waals surface area contributed by atoms with Crippen molar-refractivity contribution in [2.24, 2.45) is 0 Å². The fourth-order valence-corrected chi connectivity index (χ4v) is 2.19. The topological polar surface area (TPSA) is 38.3 Å². The summed E-state index contributed by atoms with van der Waals surface area (Å²) in [6.45, 7) is 1.02. The molecular formula is C14H18ClF2NO2. The van der Waals surface area contributed by atoms with Gasteiger partial charge in [-0.25, -0.2) is 0 Å². The Kier molecular flexibility index (Phi) is 6.20. The van der Waals surface area contributed by atoms with Gasteiger partial charge in [-0.3, -0.25) is 4.79 Å². The number of rotatable bonds is 7. The molecule has 20 heavy (non-hydrogen) atoms. The first-order valence-electron chi connectivity index (χ1n) is 6.39. The first kappa shape index (κ1) is 16.7. The van der Waals surface area contributed by atoms with Gasteiger partial charge in [-0.2, -0.15) is 8.78 Å². The lowest BCUT2D eigenvalue weighted by Crippen LogP contribution is -2.49. The lowest BCUT2D eigenvalue weighted by molar-refractivity contribution is -0.0498. The van der Waals surface area contributed by atoms with Crippen LogP contribution in [-0.2, 0) is 0 Å². The Balaban J connectivity index is 2.77. The predicted molar refractivity (Wildman–Crippen MR) is 74.6 cm³/mol. The molecule has 0 aromatic heterocycles. The molecule has 0 fully saturated rings. The second kappa shape index (κ2) is 7.43. The van der Waals surface area contributed by atoms with E-state index in [1.54, 1.807) is 0 Å². The van der Waals surface area contributed by atoms with Crippen molar-refractivity contribution in [3.05, 3.63) is 29.8 Å². The zero-order valence-electron chi connectivity index (χ0n) is 11.5. The minimum absolute atomic E-state index is 0.0196. The van der Waals surface area contributed by atoms with E-state index < -0.39 is 12.2 Å². The van der Waals surface area contributed by atoms with Crippen LogP contribution in [0.25, 0.3) is 0 Å². The van der Waals surface area contributed by atoms with Gasteiger partial charge >= 0.3 is 6.61 Å². The molecule has 1 amide bonds. The van der Waals surface area contributed by atoms with Crippen molar-refractivity contribution < 1.29 is 18.3 Å². The Hall–Kier alpha value is -1.36. The standard InChI is InChI=1S/C14H18ClF2NO2/c1-3-14(4-2,9-15)18-12(19)10-5-7-11(8-6-10)20-13(16)17/h5-8,13H,3-4,9H2,1-2H3,(H,18,19). The van der Waals surface area contributed by atoms with Crippen LogP contribution in [0.3, 0.4) is 0 Å². The van der Waals surface area contributed by atoms with Crippen molar-refractivity contribution in [2.45, 2.75) is 38.8 Å². The molecule has 112 valence electrons. The largest absolute Gasteiger partial charge is 0.435 e. The number of halogens is 3. The number of carbonyl (C=O) groups excluding carboxylic acids is 1. The minimum atomic E-state index is -2.88. The van der Waals surface area contributed by atoms with E-state index >= 15 is 0 Å². The third-order valence-corrected chi connectivity index (χ3v) is 3.84. The maximum atomic E-state index is 12.1. The summed E-state index contributed by atoms with van der Waals surface area (Å²) >= 11 is 5.92. The highest BCUT2D eigenvalue weighted by molar-refractivity contribution is 6.18. The number of alkyl halides is 3. The fourth-order valence-electron chi connectivity index (χ4n) is 1.75. The van der Waals surface area contributed by atoms with E-state index in [1.165, 1.54) is 24.3 Å². The van der Waals surface area contributed by atoms with Gasteiger partial charge in [0.05, 0.1) is 5.54 Å². The van der Waals surface area contributed by atoms with Crippen molar-refractivity contribution in [3.63, 3.8) is 0 Å². The number of carbonyl (C=O) groups is 1. The molecule has 6 heteroatoms. The van der Waals surface area contributed by atoms with Gasteiger partial charge in [0.25, 0.3) is 5.91 Å². The number of nitrogens with one attached hydrogen (secondary N) is 1. The van der Waals surface area contributed by atoms with E-state index in [0.717, 1.165) is 0 Å². The highest BCUT2D eigenvalue weighted by Crippen LogP contribution is 2.19. The maximum absolute atomic E-state index is 12.1. The maximum Gasteiger partial charge on any atom is 0.387 e. The summed E-state index contributed by atoms with van der Waals surface area (Å²) in [5.41, 5.74) is -0.0699. The van der Waals surface area contributed by atoms with Crippen molar-refractivity contribution in [2.75, 3.05) is 5.88 Å². The van der Waals surface area contributed by atoms with E-state index in [4.69, 9.17) is 11.6 Å². The van der Waals surface area contributed by atoms with Crippen LogP contribution < -0.4 is 10.1 Å². The minimum Gasteiger partial charge on any atom is -0.435 e. The molecule has 0 saturated heterocycles. The van der Waals surface area contributed by atoms with E-state index in [9.17, 15) is 13.6 Å². The Morgan fingerprint density at radius 2 is 1.85 bits per heavy atom. The Morgan fingerprint density at radius 3 is 2.25 bits per heavy atom. The zero-order chi connectivity index (χ0) is 15.2. The van der Waals surface area contributed by atoms with Crippen LogP contribution in [0.5, 0.6) is 5.75 Å². The third-order valence-electron chi connectivity index (χ3n) is 3.33. The Labute approximate surface area is 122 Å².